The van der Waals surface area contributed by atoms with Crippen molar-refractivity contribution in [2.45, 2.75) is 0 Å². The molecule has 0 saturated heterocycles. The van der Waals surface area contributed by atoms with E-state index in [2.05, 4.69) is 94.0 Å². The van der Waals surface area contributed by atoms with Crippen molar-refractivity contribution < 1.29 is 0 Å². The first-order valence-electron chi connectivity index (χ1n) is 7.58. The third-order valence-corrected chi connectivity index (χ3v) is 12.7. The van der Waals surface area contributed by atoms with Crippen LogP contribution in [0.5, 0.6) is 0 Å². The van der Waals surface area contributed by atoms with Crippen LogP contribution in [0.4, 0.5) is 0 Å². The maximum absolute atomic E-state index is 3.68. The van der Waals surface area contributed by atoms with E-state index in [1.54, 1.807) is 0 Å². The Bertz CT molecular complexity index is 1100. The summed E-state index contributed by atoms with van der Waals surface area (Å²) in [7, 11) is 0. The van der Waals surface area contributed by atoms with Crippen LogP contribution in [-0.4, -0.2) is 15.1 Å². The van der Waals surface area contributed by atoms with Gasteiger partial charge in [-0.2, -0.15) is 0 Å². The van der Waals surface area contributed by atoms with Crippen molar-refractivity contribution in [1.29, 1.82) is 0 Å². The molecule has 0 fully saturated rings. The van der Waals surface area contributed by atoms with Gasteiger partial charge in [0.15, 0.2) is 0 Å². The predicted octanol–water partition coefficient (Wildman–Crippen LogP) is 4.26. The Kier molecular flexibility index (Phi) is 3.05. The number of benzene rings is 3. The molecule has 0 saturated carbocycles. The molecule has 0 aliphatic carbocycles. The minimum atomic E-state index is -1.66. The third kappa shape index (κ3) is 1.81. The molecule has 0 amide bonds. The topological polar surface area (TPSA) is 0 Å². The summed E-state index contributed by atoms with van der Waals surface area (Å²) in [5.74, 6) is 0. The molecule has 0 nitrogen and oxygen atoms in total. The molecule has 3 aromatic carbocycles. The molecule has 110 valence electrons. The van der Waals surface area contributed by atoms with Crippen molar-refractivity contribution in [1.82, 2.24) is 0 Å². The third-order valence-electron chi connectivity index (χ3n) is 4.49. The summed E-state index contributed by atoms with van der Waals surface area (Å²) < 4.78 is 1.39. The molecular weight excluding hydrogens is 382 g/mol. The molecule has 0 radical (unpaired) electrons. The first-order chi connectivity index (χ1) is 11.3. The summed E-state index contributed by atoms with van der Waals surface area (Å²) in [5.41, 5.74) is -0.248. The molecule has 3 heteroatoms. The van der Waals surface area contributed by atoms with Gasteiger partial charge in [0.25, 0.3) is 0 Å². The van der Waals surface area contributed by atoms with Crippen LogP contribution in [0, 0.1) is 0 Å². The van der Waals surface area contributed by atoms with Gasteiger partial charge in [0.2, 0.25) is 0 Å². The Morgan fingerprint density at radius 1 is 0.739 bits per heavy atom. The van der Waals surface area contributed by atoms with Gasteiger partial charge in [-0.15, -0.1) is 0 Å². The van der Waals surface area contributed by atoms with E-state index in [0.29, 0.717) is 0 Å². The van der Waals surface area contributed by atoms with E-state index in [4.69, 9.17) is 0 Å². The van der Waals surface area contributed by atoms with E-state index >= 15 is 0 Å². The zero-order valence-electron chi connectivity index (χ0n) is 12.3. The van der Waals surface area contributed by atoms with E-state index in [0.717, 1.165) is 0 Å². The number of hydrogen-bond acceptors (Lipinski definition) is 1. The summed E-state index contributed by atoms with van der Waals surface area (Å²) in [6, 6.07) is 28.7. The fourth-order valence-corrected chi connectivity index (χ4v) is 11.8. The van der Waals surface area contributed by atoms with Crippen molar-refractivity contribution in [3.8, 4) is 10.4 Å². The number of thiophene rings is 1. The molecule has 1 unspecified atom stereocenters. The minimum absolute atomic E-state index is 1.39. The molecule has 5 rings (SSSR count). The first-order valence-corrected chi connectivity index (χ1v) is 12.4. The Balaban J connectivity index is 1.99. The van der Waals surface area contributed by atoms with E-state index in [1.807, 2.05) is 11.3 Å². The number of rotatable bonds is 1. The van der Waals surface area contributed by atoms with Crippen LogP contribution in [0.15, 0.2) is 78.9 Å². The van der Waals surface area contributed by atoms with Crippen molar-refractivity contribution >= 4 is 57.9 Å². The average Bonchev–Trinajstić information content (AvgIpc) is 3.12. The van der Waals surface area contributed by atoms with Crippen LogP contribution < -0.4 is 15.9 Å². The molecule has 23 heavy (non-hydrogen) atoms. The molecule has 1 aromatic heterocycles. The molecule has 1 aliphatic heterocycles. The van der Waals surface area contributed by atoms with Crippen molar-refractivity contribution in [3.63, 3.8) is 0 Å². The van der Waals surface area contributed by atoms with Gasteiger partial charge in [-0.05, 0) is 0 Å². The van der Waals surface area contributed by atoms with Crippen molar-refractivity contribution in [2.75, 3.05) is 0 Å². The molecule has 4 aromatic rings. The zero-order valence-corrected chi connectivity index (χ0v) is 15.7. The van der Waals surface area contributed by atoms with Crippen LogP contribution in [0.25, 0.3) is 20.5 Å². The zero-order chi connectivity index (χ0) is 15.4. The Morgan fingerprint density at radius 3 is 2.30 bits per heavy atom. The van der Waals surface area contributed by atoms with Crippen LogP contribution in [-0.2, 0) is 0 Å². The van der Waals surface area contributed by atoms with Gasteiger partial charge in [0.1, 0.15) is 0 Å². The maximum atomic E-state index is 3.68. The summed E-state index contributed by atoms with van der Waals surface area (Å²) in [6.45, 7) is 0. The second-order valence-electron chi connectivity index (χ2n) is 5.74. The van der Waals surface area contributed by atoms with E-state index in [9.17, 15) is 0 Å². The summed E-state index contributed by atoms with van der Waals surface area (Å²) in [6.07, 6.45) is 0. The van der Waals surface area contributed by atoms with E-state index in [-0.39, 0.29) is 0 Å². The molecule has 1 aliphatic rings. The average molecular weight is 395 g/mol. The van der Waals surface area contributed by atoms with Crippen molar-refractivity contribution in [3.05, 3.63) is 78.9 Å². The van der Waals surface area contributed by atoms with Gasteiger partial charge < -0.3 is 0 Å². The van der Waals surface area contributed by atoms with Gasteiger partial charge in [-0.1, -0.05) is 0 Å². The predicted molar refractivity (Wildman–Crippen MR) is 105 cm³/mol. The second kappa shape index (κ2) is 5.03. The van der Waals surface area contributed by atoms with Crippen LogP contribution in [0.3, 0.4) is 0 Å². The normalized spacial score (nSPS) is 18.8. The number of fused-ring (bicyclic) bond motifs is 5. The Labute approximate surface area is 147 Å². The summed E-state index contributed by atoms with van der Waals surface area (Å²) in [4.78, 5) is 1.46. The van der Waals surface area contributed by atoms with Crippen LogP contribution in [0.1, 0.15) is 0 Å². The summed E-state index contributed by atoms with van der Waals surface area (Å²) in [5, 5.41) is 5.86. The SMILES string of the molecule is [Se]=P1(c2ccccc2)c2ccccc2-c2sc3ccccc3c21. The van der Waals surface area contributed by atoms with E-state index in [1.165, 1.54) is 36.4 Å². The van der Waals surface area contributed by atoms with E-state index < -0.39 is 5.51 Å². The second-order valence-corrected chi connectivity index (χ2v) is 12.9. The fraction of sp³-hybridized carbons (Fsp3) is 0. The number of hydrogen-bond donors (Lipinski definition) is 0. The first kappa shape index (κ1) is 14.0. The Hall–Kier alpha value is -1.43. The van der Waals surface area contributed by atoms with Crippen LogP contribution in [0.2, 0.25) is 0 Å². The molecule has 1 atom stereocenters. The van der Waals surface area contributed by atoms with Gasteiger partial charge in [-0.3, -0.25) is 0 Å². The molecule has 0 bridgehead atoms. The van der Waals surface area contributed by atoms with Gasteiger partial charge in [0, 0.05) is 0 Å². The van der Waals surface area contributed by atoms with Gasteiger partial charge in [0.05, 0.1) is 0 Å². The fourth-order valence-electron chi connectivity index (χ4n) is 3.49. The molecule has 2 heterocycles. The summed E-state index contributed by atoms with van der Waals surface area (Å²) >= 11 is 5.61. The van der Waals surface area contributed by atoms with Crippen molar-refractivity contribution in [2.24, 2.45) is 0 Å². The molecule has 0 N–H and O–H groups in total. The molecular formula is C20H13PSSe. The van der Waals surface area contributed by atoms with Crippen LogP contribution >= 0.6 is 16.8 Å². The standard InChI is InChI=1S/C20H13PSSe/c23-21(14-8-2-1-3-9-14)17-12-6-4-10-15(17)20-19(21)16-11-5-7-13-18(16)22-20/h1-13H. The van der Waals surface area contributed by atoms with Gasteiger partial charge >= 0.3 is 147 Å². The van der Waals surface area contributed by atoms with Gasteiger partial charge in [-0.25, -0.2) is 0 Å². The monoisotopic (exact) mass is 396 g/mol. The molecule has 0 spiro atoms. The Morgan fingerprint density at radius 2 is 1.43 bits per heavy atom. The quantitative estimate of drug-likeness (QED) is 0.294.